The standard InChI is InChI=1S/C26H23FN2O5S/c1-3-34-20-9-11-21(12-10-20)35(32,33)24-15-29(23-13-6-18(27)14-22(23)26(24)31)16-25(30)28-19-7-4-17(2)5-8-19/h4-15H,3,16H2,1-2H3,(H,28,30). The van der Waals surface area contributed by atoms with Crippen LogP contribution in [0.15, 0.2) is 87.5 Å². The number of pyridine rings is 1. The molecule has 4 aromatic rings. The molecule has 0 spiro atoms. The van der Waals surface area contributed by atoms with Crippen LogP contribution in [0.5, 0.6) is 5.75 Å². The molecule has 3 aromatic carbocycles. The van der Waals surface area contributed by atoms with Gasteiger partial charge in [-0.15, -0.1) is 0 Å². The topological polar surface area (TPSA) is 94.5 Å². The number of aryl methyl sites for hydroxylation is 1. The van der Waals surface area contributed by atoms with E-state index in [0.29, 0.717) is 18.0 Å². The Bertz CT molecular complexity index is 1560. The van der Waals surface area contributed by atoms with Gasteiger partial charge in [0.05, 0.1) is 17.0 Å². The third-order valence-electron chi connectivity index (χ3n) is 5.39. The number of halogens is 1. The lowest BCUT2D eigenvalue weighted by Crippen LogP contribution is -2.24. The molecule has 1 aromatic heterocycles. The summed E-state index contributed by atoms with van der Waals surface area (Å²) >= 11 is 0. The lowest BCUT2D eigenvalue weighted by molar-refractivity contribution is -0.116. The molecule has 1 heterocycles. The molecule has 0 saturated carbocycles. The highest BCUT2D eigenvalue weighted by atomic mass is 32.2. The zero-order chi connectivity index (χ0) is 25.2. The van der Waals surface area contributed by atoms with Gasteiger partial charge in [-0.05, 0) is 68.4 Å². The second-order valence-corrected chi connectivity index (χ2v) is 9.85. The third-order valence-corrected chi connectivity index (χ3v) is 7.16. The molecule has 7 nitrogen and oxygen atoms in total. The molecule has 0 aliphatic heterocycles. The van der Waals surface area contributed by atoms with E-state index in [-0.39, 0.29) is 22.3 Å². The molecule has 0 saturated heterocycles. The summed E-state index contributed by atoms with van der Waals surface area (Å²) in [6.07, 6.45) is 1.13. The van der Waals surface area contributed by atoms with Gasteiger partial charge < -0.3 is 14.6 Å². The van der Waals surface area contributed by atoms with Gasteiger partial charge in [0.2, 0.25) is 21.2 Å². The van der Waals surface area contributed by atoms with Crippen LogP contribution in [0.2, 0.25) is 0 Å². The monoisotopic (exact) mass is 494 g/mol. The number of hydrogen-bond donors (Lipinski definition) is 1. The maximum atomic E-state index is 14.0. The number of rotatable bonds is 7. The van der Waals surface area contributed by atoms with Crippen LogP contribution in [-0.2, 0) is 21.2 Å². The fraction of sp³-hybridized carbons (Fsp3) is 0.154. The molecule has 0 fully saturated rings. The normalized spacial score (nSPS) is 11.4. The van der Waals surface area contributed by atoms with Crippen molar-refractivity contribution in [3.8, 4) is 5.75 Å². The highest BCUT2D eigenvalue weighted by Gasteiger charge is 2.24. The Hall–Kier alpha value is -3.98. The molecule has 180 valence electrons. The van der Waals surface area contributed by atoms with Crippen molar-refractivity contribution in [1.29, 1.82) is 0 Å². The summed E-state index contributed by atoms with van der Waals surface area (Å²) in [5.74, 6) is -0.648. The molecule has 4 rings (SSSR count). The maximum absolute atomic E-state index is 14.0. The predicted molar refractivity (Wildman–Crippen MR) is 131 cm³/mol. The van der Waals surface area contributed by atoms with Crippen molar-refractivity contribution in [2.75, 3.05) is 11.9 Å². The molecular formula is C26H23FN2O5S. The van der Waals surface area contributed by atoms with Crippen LogP contribution in [0.4, 0.5) is 10.1 Å². The first-order valence-electron chi connectivity index (χ1n) is 10.9. The highest BCUT2D eigenvalue weighted by Crippen LogP contribution is 2.24. The fourth-order valence-electron chi connectivity index (χ4n) is 3.67. The second kappa shape index (κ2) is 9.71. The summed E-state index contributed by atoms with van der Waals surface area (Å²) in [4.78, 5) is 25.2. The number of hydrogen-bond acceptors (Lipinski definition) is 5. The zero-order valence-electron chi connectivity index (χ0n) is 19.1. The first-order chi connectivity index (χ1) is 16.7. The fourth-order valence-corrected chi connectivity index (χ4v) is 5.03. The number of benzene rings is 3. The summed E-state index contributed by atoms with van der Waals surface area (Å²) in [5, 5.41) is 2.60. The van der Waals surface area contributed by atoms with Crippen molar-refractivity contribution in [2.24, 2.45) is 0 Å². The van der Waals surface area contributed by atoms with E-state index in [0.717, 1.165) is 23.9 Å². The van der Waals surface area contributed by atoms with E-state index in [9.17, 15) is 22.4 Å². The number of fused-ring (bicyclic) bond motifs is 1. The van der Waals surface area contributed by atoms with Gasteiger partial charge in [0.1, 0.15) is 23.0 Å². The Morgan fingerprint density at radius 2 is 1.71 bits per heavy atom. The van der Waals surface area contributed by atoms with E-state index in [1.54, 1.807) is 19.1 Å². The van der Waals surface area contributed by atoms with E-state index in [1.807, 2.05) is 19.1 Å². The van der Waals surface area contributed by atoms with E-state index in [4.69, 9.17) is 4.74 Å². The molecule has 0 aliphatic rings. The molecule has 0 unspecified atom stereocenters. The SMILES string of the molecule is CCOc1ccc(S(=O)(=O)c2cn(CC(=O)Nc3ccc(C)cc3)c3ccc(F)cc3c2=O)cc1. The second-order valence-electron chi connectivity index (χ2n) is 7.93. The first kappa shape index (κ1) is 24.2. The molecular weight excluding hydrogens is 471 g/mol. The van der Waals surface area contributed by atoms with Crippen LogP contribution in [0, 0.1) is 12.7 Å². The first-order valence-corrected chi connectivity index (χ1v) is 12.3. The van der Waals surface area contributed by atoms with Gasteiger partial charge in [-0.25, -0.2) is 12.8 Å². The predicted octanol–water partition coefficient (Wildman–Crippen LogP) is 4.32. The number of sulfone groups is 1. The Morgan fingerprint density at radius 1 is 1.03 bits per heavy atom. The van der Waals surface area contributed by atoms with Crippen molar-refractivity contribution in [2.45, 2.75) is 30.2 Å². The van der Waals surface area contributed by atoms with Gasteiger partial charge in [-0.1, -0.05) is 17.7 Å². The van der Waals surface area contributed by atoms with E-state index < -0.39 is 31.9 Å². The average Bonchev–Trinajstić information content (AvgIpc) is 2.83. The minimum atomic E-state index is -4.27. The van der Waals surface area contributed by atoms with E-state index >= 15 is 0 Å². The van der Waals surface area contributed by atoms with Crippen LogP contribution < -0.4 is 15.5 Å². The number of nitrogens with zero attached hydrogens (tertiary/aromatic N) is 1. The van der Waals surface area contributed by atoms with Crippen LogP contribution >= 0.6 is 0 Å². The van der Waals surface area contributed by atoms with Crippen LogP contribution in [-0.4, -0.2) is 25.5 Å². The molecule has 0 atom stereocenters. The highest BCUT2D eigenvalue weighted by molar-refractivity contribution is 7.91. The van der Waals surface area contributed by atoms with Gasteiger partial charge in [0, 0.05) is 17.3 Å². The molecule has 1 N–H and O–H groups in total. The van der Waals surface area contributed by atoms with Crippen molar-refractivity contribution in [3.63, 3.8) is 0 Å². The summed E-state index contributed by atoms with van der Waals surface area (Å²) in [5.41, 5.74) is 0.990. The number of nitrogens with one attached hydrogen (secondary N) is 1. The van der Waals surface area contributed by atoms with Crippen LogP contribution in [0.25, 0.3) is 10.9 Å². The minimum absolute atomic E-state index is 0.121. The molecule has 9 heteroatoms. The Balaban J connectivity index is 1.78. The van der Waals surface area contributed by atoms with E-state index in [1.165, 1.54) is 34.9 Å². The lowest BCUT2D eigenvalue weighted by atomic mass is 10.2. The molecule has 35 heavy (non-hydrogen) atoms. The number of carbonyl (C=O) groups is 1. The number of aromatic nitrogens is 1. The van der Waals surface area contributed by atoms with Crippen LogP contribution in [0.3, 0.4) is 0 Å². The zero-order valence-corrected chi connectivity index (χ0v) is 19.9. The van der Waals surface area contributed by atoms with Crippen molar-refractivity contribution < 1.29 is 22.3 Å². The van der Waals surface area contributed by atoms with E-state index in [2.05, 4.69) is 5.32 Å². The van der Waals surface area contributed by atoms with Crippen LogP contribution in [0.1, 0.15) is 12.5 Å². The summed E-state index contributed by atoms with van der Waals surface area (Å²) in [7, 11) is -4.27. The molecule has 0 aliphatic carbocycles. The molecule has 1 amide bonds. The average molecular weight is 495 g/mol. The quantitative estimate of drug-likeness (QED) is 0.413. The molecule has 0 radical (unpaired) electrons. The van der Waals surface area contributed by atoms with Gasteiger partial charge in [-0.3, -0.25) is 9.59 Å². The number of amides is 1. The van der Waals surface area contributed by atoms with Crippen molar-refractivity contribution >= 4 is 32.3 Å². The van der Waals surface area contributed by atoms with Gasteiger partial charge in [-0.2, -0.15) is 0 Å². The Morgan fingerprint density at radius 3 is 2.37 bits per heavy atom. The summed E-state index contributed by atoms with van der Waals surface area (Å²) in [6.45, 7) is 3.85. The van der Waals surface area contributed by atoms with Gasteiger partial charge in [0.15, 0.2) is 0 Å². The maximum Gasteiger partial charge on any atom is 0.244 e. The Labute approximate surface area is 201 Å². The number of anilines is 1. The lowest BCUT2D eigenvalue weighted by Gasteiger charge is -2.14. The molecule has 0 bridgehead atoms. The van der Waals surface area contributed by atoms with Crippen molar-refractivity contribution in [3.05, 3.63) is 94.5 Å². The third kappa shape index (κ3) is 5.09. The number of carbonyl (C=O) groups excluding carboxylic acids is 1. The minimum Gasteiger partial charge on any atom is -0.494 e. The van der Waals surface area contributed by atoms with Gasteiger partial charge >= 0.3 is 0 Å². The summed E-state index contributed by atoms with van der Waals surface area (Å²) < 4.78 is 47.4. The van der Waals surface area contributed by atoms with Gasteiger partial charge in [0.25, 0.3) is 0 Å². The number of ether oxygens (including phenoxy) is 1. The Kier molecular flexibility index (Phi) is 6.70. The van der Waals surface area contributed by atoms with Crippen molar-refractivity contribution in [1.82, 2.24) is 4.57 Å². The summed E-state index contributed by atoms with van der Waals surface area (Å²) in [6, 6.07) is 16.3. The smallest absolute Gasteiger partial charge is 0.244 e. The largest absolute Gasteiger partial charge is 0.494 e.